The van der Waals surface area contributed by atoms with Gasteiger partial charge in [-0.1, -0.05) is 31.2 Å². The second-order valence-corrected chi connectivity index (χ2v) is 5.61. The van der Waals surface area contributed by atoms with Crippen molar-refractivity contribution in [3.63, 3.8) is 0 Å². The molecule has 0 saturated heterocycles. The van der Waals surface area contributed by atoms with Gasteiger partial charge in [0, 0.05) is 18.4 Å². The van der Waals surface area contributed by atoms with Crippen LogP contribution in [0, 0.1) is 17.6 Å². The molecule has 1 N–H and O–H groups in total. The second-order valence-electron chi connectivity index (χ2n) is 5.61. The molecule has 0 amide bonds. The van der Waals surface area contributed by atoms with Gasteiger partial charge in [0.25, 0.3) is 0 Å². The van der Waals surface area contributed by atoms with Gasteiger partial charge >= 0.3 is 0 Å². The molecule has 4 heteroatoms. The fraction of sp³-hybridized carbons (Fsp3) is 0.316. The van der Waals surface area contributed by atoms with Gasteiger partial charge in [-0.2, -0.15) is 0 Å². The number of rotatable bonds is 7. The van der Waals surface area contributed by atoms with E-state index in [4.69, 9.17) is 0 Å². The highest BCUT2D eigenvalue weighted by atomic mass is 19.1. The molecule has 122 valence electrons. The fourth-order valence-corrected chi connectivity index (χ4v) is 2.79. The molecular weight excluding hydrogens is 296 g/mol. The maximum atomic E-state index is 13.2. The first-order valence-electron chi connectivity index (χ1n) is 7.75. The number of benzene rings is 2. The molecule has 1 atom stereocenters. The first kappa shape index (κ1) is 17.3. The van der Waals surface area contributed by atoms with Crippen LogP contribution in [0.25, 0.3) is 0 Å². The molecule has 1 unspecified atom stereocenters. The Kier molecular flexibility index (Phi) is 5.99. The average molecular weight is 317 g/mol. The Morgan fingerprint density at radius 2 is 1.39 bits per heavy atom. The number of hydrogen-bond acceptors (Lipinski definition) is 2. The smallest absolute Gasteiger partial charge is 0.135 e. The van der Waals surface area contributed by atoms with Gasteiger partial charge in [0.1, 0.15) is 17.4 Å². The number of nitrogens with one attached hydrogen (secondary N) is 1. The van der Waals surface area contributed by atoms with E-state index in [1.54, 1.807) is 31.2 Å². The summed E-state index contributed by atoms with van der Waals surface area (Å²) >= 11 is 0. The Bertz CT molecular complexity index is 592. The van der Waals surface area contributed by atoms with Crippen molar-refractivity contribution in [1.82, 2.24) is 5.32 Å². The molecule has 2 aromatic carbocycles. The first-order chi connectivity index (χ1) is 11.0. The van der Waals surface area contributed by atoms with E-state index in [2.05, 4.69) is 5.32 Å². The van der Waals surface area contributed by atoms with E-state index in [-0.39, 0.29) is 29.3 Å². The number of Topliss-reactive ketones (excluding diaryl/α,β-unsaturated/α-hetero) is 1. The molecule has 0 aromatic heterocycles. The van der Waals surface area contributed by atoms with Gasteiger partial charge in [0.05, 0.1) is 0 Å². The summed E-state index contributed by atoms with van der Waals surface area (Å²) in [5.41, 5.74) is 1.69. The Labute approximate surface area is 135 Å². The summed E-state index contributed by atoms with van der Waals surface area (Å²) in [4.78, 5) is 12.2. The standard InChI is InChI=1S/C19H21F2NO/c1-3-22-12-18(13(2)23)19(14-4-8-16(20)9-5-14)15-6-10-17(21)11-7-15/h4-11,18-19,22H,3,12H2,1-2H3. The summed E-state index contributed by atoms with van der Waals surface area (Å²) in [6.45, 7) is 4.80. The molecule has 2 rings (SSSR count). The van der Waals surface area contributed by atoms with Gasteiger partial charge in [0.2, 0.25) is 0 Å². The van der Waals surface area contributed by atoms with Gasteiger partial charge in [-0.15, -0.1) is 0 Å². The average Bonchev–Trinajstić information content (AvgIpc) is 2.53. The number of carbonyl (C=O) groups excluding carboxylic acids is 1. The molecule has 0 spiro atoms. The number of halogens is 2. The fourth-order valence-electron chi connectivity index (χ4n) is 2.79. The molecule has 23 heavy (non-hydrogen) atoms. The summed E-state index contributed by atoms with van der Waals surface area (Å²) in [6, 6.07) is 12.3. The molecule has 0 heterocycles. The lowest BCUT2D eigenvalue weighted by Crippen LogP contribution is -2.32. The third-order valence-electron chi connectivity index (χ3n) is 4.00. The normalized spacial score (nSPS) is 12.4. The molecule has 2 aromatic rings. The molecule has 0 aliphatic heterocycles. The van der Waals surface area contributed by atoms with Crippen molar-refractivity contribution in [3.8, 4) is 0 Å². The predicted octanol–water partition coefficient (Wildman–Crippen LogP) is 3.91. The van der Waals surface area contributed by atoms with E-state index in [1.165, 1.54) is 24.3 Å². The minimum atomic E-state index is -0.322. The Morgan fingerprint density at radius 1 is 0.957 bits per heavy atom. The molecule has 0 aliphatic rings. The molecule has 2 nitrogen and oxygen atoms in total. The van der Waals surface area contributed by atoms with Crippen LogP contribution in [0.5, 0.6) is 0 Å². The van der Waals surface area contributed by atoms with Crippen molar-refractivity contribution < 1.29 is 13.6 Å². The van der Waals surface area contributed by atoms with Crippen LogP contribution in [0.2, 0.25) is 0 Å². The van der Waals surface area contributed by atoms with E-state index in [0.717, 1.165) is 17.7 Å². The summed E-state index contributed by atoms with van der Waals surface area (Å²) in [6.07, 6.45) is 0. The lowest BCUT2D eigenvalue weighted by molar-refractivity contribution is -0.121. The Hall–Kier alpha value is -2.07. The van der Waals surface area contributed by atoms with E-state index in [0.29, 0.717) is 6.54 Å². The van der Waals surface area contributed by atoms with E-state index in [1.807, 2.05) is 6.92 Å². The van der Waals surface area contributed by atoms with Gasteiger partial charge < -0.3 is 5.32 Å². The van der Waals surface area contributed by atoms with Crippen LogP contribution in [-0.4, -0.2) is 18.9 Å². The quantitative estimate of drug-likeness (QED) is 0.839. The van der Waals surface area contributed by atoms with Gasteiger partial charge in [0.15, 0.2) is 0 Å². The highest BCUT2D eigenvalue weighted by Gasteiger charge is 2.28. The van der Waals surface area contributed by atoms with Crippen LogP contribution in [0.1, 0.15) is 30.9 Å². The summed E-state index contributed by atoms with van der Waals surface area (Å²) in [7, 11) is 0. The van der Waals surface area contributed by atoms with Crippen molar-refractivity contribution in [3.05, 3.63) is 71.3 Å². The first-order valence-corrected chi connectivity index (χ1v) is 7.75. The third-order valence-corrected chi connectivity index (χ3v) is 4.00. The molecule has 0 bridgehead atoms. The maximum Gasteiger partial charge on any atom is 0.135 e. The zero-order valence-electron chi connectivity index (χ0n) is 13.4. The Morgan fingerprint density at radius 3 is 1.74 bits per heavy atom. The topological polar surface area (TPSA) is 29.1 Å². The number of hydrogen-bond donors (Lipinski definition) is 1. The van der Waals surface area contributed by atoms with Crippen molar-refractivity contribution in [1.29, 1.82) is 0 Å². The highest BCUT2D eigenvalue weighted by Crippen LogP contribution is 2.33. The minimum Gasteiger partial charge on any atom is -0.316 e. The summed E-state index contributed by atoms with van der Waals surface area (Å²) < 4.78 is 26.5. The van der Waals surface area contributed by atoms with Crippen molar-refractivity contribution in [2.75, 3.05) is 13.1 Å². The Balaban J connectivity index is 2.46. The zero-order chi connectivity index (χ0) is 16.8. The second kappa shape index (κ2) is 7.97. The van der Waals surface area contributed by atoms with Crippen LogP contribution in [0.15, 0.2) is 48.5 Å². The van der Waals surface area contributed by atoms with Crippen LogP contribution in [0.3, 0.4) is 0 Å². The molecule has 0 fully saturated rings. The van der Waals surface area contributed by atoms with E-state index >= 15 is 0 Å². The monoisotopic (exact) mass is 317 g/mol. The summed E-state index contributed by atoms with van der Waals surface area (Å²) in [5, 5.41) is 3.20. The van der Waals surface area contributed by atoms with Gasteiger partial charge in [-0.25, -0.2) is 8.78 Å². The predicted molar refractivity (Wildman–Crippen MR) is 87.4 cm³/mol. The van der Waals surface area contributed by atoms with Crippen LogP contribution in [0.4, 0.5) is 8.78 Å². The molecule has 0 aliphatic carbocycles. The SMILES string of the molecule is CCNCC(C(C)=O)C(c1ccc(F)cc1)c1ccc(F)cc1. The molecule has 0 radical (unpaired) electrons. The van der Waals surface area contributed by atoms with E-state index in [9.17, 15) is 13.6 Å². The number of carbonyl (C=O) groups is 1. The van der Waals surface area contributed by atoms with E-state index < -0.39 is 0 Å². The lowest BCUT2D eigenvalue weighted by atomic mass is 9.78. The minimum absolute atomic E-state index is 0.0459. The highest BCUT2D eigenvalue weighted by molar-refractivity contribution is 5.80. The maximum absolute atomic E-state index is 13.2. The zero-order valence-corrected chi connectivity index (χ0v) is 13.4. The number of ketones is 1. The largest absolute Gasteiger partial charge is 0.316 e. The molecule has 0 saturated carbocycles. The van der Waals surface area contributed by atoms with Crippen LogP contribution in [-0.2, 0) is 4.79 Å². The van der Waals surface area contributed by atoms with Crippen LogP contribution >= 0.6 is 0 Å². The molecular formula is C19H21F2NO. The van der Waals surface area contributed by atoms with Gasteiger partial charge in [-0.3, -0.25) is 4.79 Å². The lowest BCUT2D eigenvalue weighted by Gasteiger charge is -2.26. The van der Waals surface area contributed by atoms with Crippen LogP contribution < -0.4 is 5.32 Å². The summed E-state index contributed by atoms with van der Waals surface area (Å²) in [5.74, 6) is -1.14. The third kappa shape index (κ3) is 4.45. The van der Waals surface area contributed by atoms with Gasteiger partial charge in [-0.05, 0) is 48.9 Å². The van der Waals surface area contributed by atoms with Crippen molar-refractivity contribution in [2.45, 2.75) is 19.8 Å². The van der Waals surface area contributed by atoms with Crippen molar-refractivity contribution >= 4 is 5.78 Å². The van der Waals surface area contributed by atoms with Crippen molar-refractivity contribution in [2.24, 2.45) is 5.92 Å².